The van der Waals surface area contributed by atoms with Crippen molar-refractivity contribution in [3.8, 4) is 0 Å². The van der Waals surface area contributed by atoms with Crippen molar-refractivity contribution in [1.29, 1.82) is 0 Å². The topological polar surface area (TPSA) is 170 Å². The van der Waals surface area contributed by atoms with Crippen LogP contribution in [0.2, 0.25) is 0 Å². The number of ether oxygens (including phenoxy) is 4. The first kappa shape index (κ1) is 26.8. The Morgan fingerprint density at radius 3 is 1.81 bits per heavy atom. The van der Waals surface area contributed by atoms with Gasteiger partial charge in [-0.1, -0.05) is 20.8 Å². The second-order valence-electron chi connectivity index (χ2n) is 10.8. The highest BCUT2D eigenvalue weighted by molar-refractivity contribution is 4.97. The minimum absolute atomic E-state index is 0.111. The smallest absolute Gasteiger partial charge is 0.176 e. The van der Waals surface area contributed by atoms with Crippen molar-refractivity contribution in [1.82, 2.24) is 0 Å². The van der Waals surface area contributed by atoms with Crippen molar-refractivity contribution in [2.45, 2.75) is 109 Å². The highest BCUT2D eigenvalue weighted by Gasteiger charge is 2.50. The van der Waals surface area contributed by atoms with Gasteiger partial charge in [0, 0.05) is 5.92 Å². The fourth-order valence-electron chi connectivity index (χ4n) is 4.16. The summed E-state index contributed by atoms with van der Waals surface area (Å²) in [7, 11) is 0. The van der Waals surface area contributed by atoms with Crippen LogP contribution in [0.3, 0.4) is 0 Å². The van der Waals surface area contributed by atoms with Crippen LogP contribution < -0.4 is 11.5 Å². The molecule has 0 aromatic carbocycles. The van der Waals surface area contributed by atoms with Crippen LogP contribution in [0.15, 0.2) is 0 Å². The molecule has 184 valence electrons. The van der Waals surface area contributed by atoms with E-state index < -0.39 is 67.4 Å². The molecule has 2 aliphatic rings. The van der Waals surface area contributed by atoms with Crippen LogP contribution >= 0.6 is 0 Å². The monoisotopic (exact) mass is 450 g/mol. The van der Waals surface area contributed by atoms with E-state index in [4.69, 9.17) is 30.4 Å². The fourth-order valence-corrected chi connectivity index (χ4v) is 4.16. The number of aliphatic hydroxyl groups is 4. The molecular formula is C21H42N2O8. The van der Waals surface area contributed by atoms with Crippen LogP contribution in [-0.4, -0.2) is 94.4 Å². The number of hydrogen-bond donors (Lipinski definition) is 6. The molecule has 10 heteroatoms. The number of nitrogens with two attached hydrogens (primary N) is 2. The van der Waals surface area contributed by atoms with Crippen molar-refractivity contribution in [2.75, 3.05) is 13.2 Å². The first-order chi connectivity index (χ1) is 14.2. The molecule has 0 aromatic rings. The van der Waals surface area contributed by atoms with E-state index in [1.807, 2.05) is 41.5 Å². The standard InChI is InChI=1S/C21H42N2O8/c1-20(2,3)7-10-11(8-24)28-18(13(22)15(10)26)30-17-12(9-25)29-19(14(23)16(17)27)31-21(4,5)6/h10-19,24-27H,7-9,22-23H2,1-6H3/t10-,11?,12?,13?,14?,15-,16+,17+,18-,19-/m0/s1. The zero-order valence-corrected chi connectivity index (χ0v) is 19.5. The van der Waals surface area contributed by atoms with Gasteiger partial charge < -0.3 is 50.8 Å². The molecule has 10 atom stereocenters. The Kier molecular flexibility index (Phi) is 8.88. The molecule has 0 spiro atoms. The van der Waals surface area contributed by atoms with Gasteiger partial charge in [-0.15, -0.1) is 0 Å². The van der Waals surface area contributed by atoms with Gasteiger partial charge in [0.2, 0.25) is 0 Å². The Labute approximate surface area is 184 Å². The Morgan fingerprint density at radius 2 is 1.32 bits per heavy atom. The third-order valence-electron chi connectivity index (χ3n) is 5.62. The molecule has 0 saturated carbocycles. The third-order valence-corrected chi connectivity index (χ3v) is 5.62. The van der Waals surface area contributed by atoms with Crippen molar-refractivity contribution < 1.29 is 39.4 Å². The van der Waals surface area contributed by atoms with Gasteiger partial charge in [0.1, 0.15) is 18.3 Å². The summed E-state index contributed by atoms with van der Waals surface area (Å²) in [4.78, 5) is 0. The molecule has 31 heavy (non-hydrogen) atoms. The molecule has 8 N–H and O–H groups in total. The van der Waals surface area contributed by atoms with E-state index in [2.05, 4.69) is 0 Å². The zero-order chi connectivity index (χ0) is 23.7. The van der Waals surface area contributed by atoms with Crippen LogP contribution in [0.25, 0.3) is 0 Å². The number of rotatable bonds is 6. The molecule has 4 unspecified atom stereocenters. The van der Waals surface area contributed by atoms with E-state index in [0.717, 1.165) is 0 Å². The van der Waals surface area contributed by atoms with Crippen molar-refractivity contribution in [2.24, 2.45) is 22.8 Å². The second kappa shape index (κ2) is 10.3. The Balaban J connectivity index is 2.15. The maximum absolute atomic E-state index is 10.8. The van der Waals surface area contributed by atoms with Crippen LogP contribution in [0.1, 0.15) is 48.0 Å². The summed E-state index contributed by atoms with van der Waals surface area (Å²) in [6, 6.07) is -1.87. The quantitative estimate of drug-likeness (QED) is 0.296. The van der Waals surface area contributed by atoms with Gasteiger partial charge in [-0.05, 0) is 32.6 Å². The molecule has 10 nitrogen and oxygen atoms in total. The summed E-state index contributed by atoms with van der Waals surface area (Å²) >= 11 is 0. The zero-order valence-electron chi connectivity index (χ0n) is 19.5. The van der Waals surface area contributed by atoms with Gasteiger partial charge >= 0.3 is 0 Å². The lowest BCUT2D eigenvalue weighted by Crippen LogP contribution is -2.67. The Hall–Kier alpha value is -0.400. The highest BCUT2D eigenvalue weighted by atomic mass is 16.7. The van der Waals surface area contributed by atoms with Gasteiger partial charge in [0.25, 0.3) is 0 Å². The van der Waals surface area contributed by atoms with Crippen LogP contribution in [0, 0.1) is 11.3 Å². The highest BCUT2D eigenvalue weighted by Crippen LogP contribution is 2.36. The van der Waals surface area contributed by atoms with Gasteiger partial charge in [-0.25, -0.2) is 0 Å². The Bertz CT molecular complexity index is 563. The molecule has 0 aliphatic carbocycles. The van der Waals surface area contributed by atoms with Crippen molar-refractivity contribution >= 4 is 0 Å². The number of hydrogen-bond acceptors (Lipinski definition) is 10. The molecule has 2 aliphatic heterocycles. The van der Waals surface area contributed by atoms with Gasteiger partial charge in [0.15, 0.2) is 12.6 Å². The average molecular weight is 451 g/mol. The normalized spacial score (nSPS) is 42.6. The molecule has 2 heterocycles. The van der Waals surface area contributed by atoms with Crippen LogP contribution in [-0.2, 0) is 18.9 Å². The van der Waals surface area contributed by atoms with Crippen molar-refractivity contribution in [3.05, 3.63) is 0 Å². The first-order valence-electron chi connectivity index (χ1n) is 10.9. The summed E-state index contributed by atoms with van der Waals surface area (Å²) in [6.07, 6.45) is -6.44. The van der Waals surface area contributed by atoms with E-state index in [9.17, 15) is 20.4 Å². The van der Waals surface area contributed by atoms with Gasteiger partial charge in [0.05, 0.1) is 43.1 Å². The summed E-state index contributed by atoms with van der Waals surface area (Å²) < 4.78 is 23.3. The second-order valence-corrected chi connectivity index (χ2v) is 10.8. The predicted octanol–water partition coefficient (Wildman–Crippen LogP) is -0.950. The lowest BCUT2D eigenvalue weighted by Gasteiger charge is -2.48. The summed E-state index contributed by atoms with van der Waals surface area (Å²) in [5, 5.41) is 41.3. The summed E-state index contributed by atoms with van der Waals surface area (Å²) in [6.45, 7) is 10.8. The largest absolute Gasteiger partial charge is 0.394 e. The maximum atomic E-state index is 10.8. The molecule has 0 amide bonds. The fraction of sp³-hybridized carbons (Fsp3) is 1.00. The van der Waals surface area contributed by atoms with E-state index in [1.165, 1.54) is 0 Å². The van der Waals surface area contributed by atoms with Crippen molar-refractivity contribution in [3.63, 3.8) is 0 Å². The molecule has 2 rings (SSSR count). The molecule has 2 fully saturated rings. The molecule has 0 radical (unpaired) electrons. The lowest BCUT2D eigenvalue weighted by molar-refractivity contribution is -0.334. The third kappa shape index (κ3) is 6.80. The van der Waals surface area contributed by atoms with Crippen LogP contribution in [0.4, 0.5) is 0 Å². The maximum Gasteiger partial charge on any atom is 0.176 e. The van der Waals surface area contributed by atoms with E-state index in [-0.39, 0.29) is 17.9 Å². The SMILES string of the molecule is CC(C)(C)C[C@H]1C(CO)O[C@@H](O[C@@H]2C(CO)O[C@@H](OC(C)(C)C)C(N)[C@H]2O)C(N)[C@H]1O. The average Bonchev–Trinajstić information content (AvgIpc) is 2.64. The molecule has 2 saturated heterocycles. The first-order valence-corrected chi connectivity index (χ1v) is 10.9. The Morgan fingerprint density at radius 1 is 0.806 bits per heavy atom. The number of aliphatic hydroxyl groups excluding tert-OH is 4. The molecule has 0 bridgehead atoms. The van der Waals surface area contributed by atoms with E-state index in [0.29, 0.717) is 6.42 Å². The minimum atomic E-state index is -1.24. The van der Waals surface area contributed by atoms with E-state index in [1.54, 1.807) is 0 Å². The predicted molar refractivity (Wildman–Crippen MR) is 113 cm³/mol. The van der Waals surface area contributed by atoms with E-state index >= 15 is 0 Å². The lowest BCUT2D eigenvalue weighted by atomic mass is 9.76. The summed E-state index contributed by atoms with van der Waals surface area (Å²) in [5.74, 6) is -0.382. The van der Waals surface area contributed by atoms with Crippen LogP contribution in [0.5, 0.6) is 0 Å². The molecular weight excluding hydrogens is 408 g/mol. The molecule has 0 aromatic heterocycles. The summed E-state index contributed by atoms with van der Waals surface area (Å²) in [5.41, 5.74) is 11.7. The van der Waals surface area contributed by atoms with Gasteiger partial charge in [-0.3, -0.25) is 0 Å². The van der Waals surface area contributed by atoms with Gasteiger partial charge in [-0.2, -0.15) is 0 Å². The minimum Gasteiger partial charge on any atom is -0.394 e.